The summed E-state index contributed by atoms with van der Waals surface area (Å²) < 4.78 is 52.4. The Bertz CT molecular complexity index is 1540. The molecule has 0 spiro atoms. The lowest BCUT2D eigenvalue weighted by Crippen LogP contribution is -2.51. The number of fused-ring (bicyclic) bond motifs is 2. The Morgan fingerprint density at radius 2 is 1.83 bits per heavy atom. The first-order valence-electron chi connectivity index (χ1n) is 16.2. The number of nitrogens with one attached hydrogen (secondary N) is 1. The van der Waals surface area contributed by atoms with E-state index >= 15 is 0 Å². The van der Waals surface area contributed by atoms with Crippen LogP contribution in [0.2, 0.25) is 0 Å². The highest BCUT2D eigenvalue weighted by Crippen LogP contribution is 2.33. The molecule has 2 N–H and O–H groups in total. The molecule has 46 heavy (non-hydrogen) atoms. The third kappa shape index (κ3) is 8.28. The number of carbonyl (C=O) groups is 1. The largest absolute Gasteiger partial charge is 0.460 e. The second kappa shape index (κ2) is 15.3. The minimum absolute atomic E-state index is 0.0188. The smallest absolute Gasteiger partial charge is 0.407 e. The number of hydrogen-bond donors (Lipinski definition) is 2. The molecule has 2 aliphatic heterocycles. The number of amides is 1. The molecule has 0 bridgehead atoms. The molecule has 0 saturated carbocycles. The van der Waals surface area contributed by atoms with Gasteiger partial charge in [-0.2, -0.15) is 4.31 Å². The second-order valence-corrected chi connectivity index (χ2v) is 14.5. The van der Waals surface area contributed by atoms with Crippen LogP contribution in [0.3, 0.4) is 0 Å². The maximum atomic E-state index is 14.1. The molecule has 2 fully saturated rings. The summed E-state index contributed by atoms with van der Waals surface area (Å²) in [4.78, 5) is 15.5. The van der Waals surface area contributed by atoms with Crippen molar-refractivity contribution in [3.8, 4) is 0 Å². The predicted octanol–water partition coefficient (Wildman–Crippen LogP) is 4.38. The number of nitrogens with zero attached hydrogens (tertiary/aromatic N) is 2. The molecule has 1 amide bonds. The van der Waals surface area contributed by atoms with Crippen molar-refractivity contribution >= 4 is 27.1 Å². The molecule has 252 valence electrons. The van der Waals surface area contributed by atoms with Gasteiger partial charge in [-0.25, -0.2) is 13.2 Å². The van der Waals surface area contributed by atoms with Gasteiger partial charge in [-0.3, -0.25) is 4.90 Å². The maximum Gasteiger partial charge on any atom is 0.407 e. The zero-order chi connectivity index (χ0) is 32.8. The van der Waals surface area contributed by atoms with Gasteiger partial charge in [0.25, 0.3) is 0 Å². The number of ether oxygens (including phenoxy) is 3. The van der Waals surface area contributed by atoms with E-state index in [0.717, 1.165) is 30.8 Å². The Morgan fingerprint density at radius 3 is 2.54 bits per heavy atom. The van der Waals surface area contributed by atoms with Gasteiger partial charge in [0.15, 0.2) is 6.29 Å². The zero-order valence-electron chi connectivity index (χ0n) is 27.1. The number of benzene rings is 2. The fraction of sp³-hybridized carbons (Fsp3) is 0.559. The molecule has 2 aromatic carbocycles. The van der Waals surface area contributed by atoms with Crippen molar-refractivity contribution in [2.24, 2.45) is 11.8 Å². The van der Waals surface area contributed by atoms with E-state index in [4.69, 9.17) is 18.6 Å². The molecule has 3 heterocycles. The average molecular weight is 658 g/mol. The van der Waals surface area contributed by atoms with E-state index in [0.29, 0.717) is 24.1 Å². The summed E-state index contributed by atoms with van der Waals surface area (Å²) in [6, 6.07) is 15.3. The Hall–Kier alpha value is -3.00. The summed E-state index contributed by atoms with van der Waals surface area (Å²) in [5.74, 6) is 0.718. The van der Waals surface area contributed by atoms with E-state index in [9.17, 15) is 18.3 Å². The molecule has 5 rings (SSSR count). The molecule has 11 nitrogen and oxygen atoms in total. The first-order chi connectivity index (χ1) is 22.1. The van der Waals surface area contributed by atoms with Crippen LogP contribution in [0.15, 0.2) is 63.9 Å². The van der Waals surface area contributed by atoms with Crippen LogP contribution in [0, 0.1) is 11.8 Å². The summed E-state index contributed by atoms with van der Waals surface area (Å²) in [6.45, 7) is 11.2. The number of furan rings is 1. The fourth-order valence-electron chi connectivity index (χ4n) is 6.17. The monoisotopic (exact) mass is 657 g/mol. The third-order valence-electron chi connectivity index (χ3n) is 8.72. The van der Waals surface area contributed by atoms with E-state index in [1.807, 2.05) is 50.2 Å². The fourth-order valence-corrected chi connectivity index (χ4v) is 7.82. The number of hydrogen-bond acceptors (Lipinski definition) is 9. The Labute approximate surface area is 271 Å². The summed E-state index contributed by atoms with van der Waals surface area (Å²) in [5.41, 5.74) is 1.50. The average Bonchev–Trinajstić information content (AvgIpc) is 3.76. The van der Waals surface area contributed by atoms with Gasteiger partial charge < -0.3 is 29.1 Å². The molecule has 3 aromatic rings. The summed E-state index contributed by atoms with van der Waals surface area (Å²) in [6.07, 6.45) is -1.73. The number of sulfonamides is 1. The summed E-state index contributed by atoms with van der Waals surface area (Å²) in [5, 5.41) is 15.1. The topological polar surface area (TPSA) is 131 Å². The van der Waals surface area contributed by atoms with E-state index in [1.165, 1.54) is 4.31 Å². The van der Waals surface area contributed by atoms with Crippen molar-refractivity contribution < 1.29 is 36.9 Å². The second-order valence-electron chi connectivity index (χ2n) is 12.6. The molecular formula is C34H47N3O8S. The lowest BCUT2D eigenvalue weighted by Gasteiger charge is -2.31. The number of aliphatic hydroxyl groups excluding tert-OH is 1. The number of aliphatic hydroxyl groups is 1. The standard InChI is InChI=1S/C34H47N3O8S/c1-5-36(6-2)20-26-17-25-18-27(12-13-31(25)44-26)46(40,41)37(19-23(3)4)21-30(38)29(16-24-10-8-7-9-11-24)35-34(39)45-32-22-43-33-28(32)14-15-42-33/h7-13,17-18,23,28-30,32-33,38H,5-6,14-16,19-22H2,1-4H3,(H,35,39)/t28-,29-,30+,32?,33+/m0/s1. The van der Waals surface area contributed by atoms with Gasteiger partial charge in [0.05, 0.1) is 42.7 Å². The van der Waals surface area contributed by atoms with Crippen LogP contribution in [-0.4, -0.2) is 92.8 Å². The number of carbonyl (C=O) groups excluding carboxylic acids is 1. The van der Waals surface area contributed by atoms with Crippen LogP contribution >= 0.6 is 0 Å². The van der Waals surface area contributed by atoms with Crippen LogP contribution in [0.1, 0.15) is 45.4 Å². The van der Waals surface area contributed by atoms with Gasteiger partial charge in [-0.1, -0.05) is 58.0 Å². The van der Waals surface area contributed by atoms with Gasteiger partial charge >= 0.3 is 6.09 Å². The molecule has 0 radical (unpaired) electrons. The van der Waals surface area contributed by atoms with Crippen molar-refractivity contribution in [3.05, 3.63) is 65.9 Å². The molecular weight excluding hydrogens is 610 g/mol. The lowest BCUT2D eigenvalue weighted by atomic mass is 10.0. The molecule has 1 unspecified atom stereocenters. The Kier molecular flexibility index (Phi) is 11.4. The molecule has 5 atom stereocenters. The van der Waals surface area contributed by atoms with Gasteiger partial charge in [0.2, 0.25) is 10.0 Å². The minimum Gasteiger partial charge on any atom is -0.460 e. The Balaban J connectivity index is 1.34. The summed E-state index contributed by atoms with van der Waals surface area (Å²) in [7, 11) is -4.02. The van der Waals surface area contributed by atoms with Gasteiger partial charge in [0.1, 0.15) is 17.4 Å². The molecule has 2 aliphatic rings. The van der Waals surface area contributed by atoms with Crippen molar-refractivity contribution in [2.45, 2.75) is 76.5 Å². The van der Waals surface area contributed by atoms with Crippen molar-refractivity contribution in [1.29, 1.82) is 0 Å². The van der Waals surface area contributed by atoms with E-state index in [-0.39, 0.29) is 49.1 Å². The molecule has 0 aliphatic carbocycles. The van der Waals surface area contributed by atoms with Crippen molar-refractivity contribution in [3.63, 3.8) is 0 Å². The van der Waals surface area contributed by atoms with Crippen LogP contribution < -0.4 is 5.32 Å². The highest BCUT2D eigenvalue weighted by atomic mass is 32.2. The highest BCUT2D eigenvalue weighted by Gasteiger charge is 2.44. The van der Waals surface area contributed by atoms with E-state index < -0.39 is 34.4 Å². The van der Waals surface area contributed by atoms with Crippen LogP contribution in [-0.2, 0) is 37.2 Å². The molecule has 1 aromatic heterocycles. The summed E-state index contributed by atoms with van der Waals surface area (Å²) >= 11 is 0. The van der Waals surface area contributed by atoms with E-state index in [1.54, 1.807) is 18.2 Å². The molecule has 2 saturated heterocycles. The third-order valence-corrected chi connectivity index (χ3v) is 10.5. The number of rotatable bonds is 15. The van der Waals surface area contributed by atoms with Crippen LogP contribution in [0.4, 0.5) is 4.79 Å². The van der Waals surface area contributed by atoms with E-state index in [2.05, 4.69) is 24.1 Å². The normalized spacial score (nSPS) is 21.3. The highest BCUT2D eigenvalue weighted by molar-refractivity contribution is 7.89. The lowest BCUT2D eigenvalue weighted by molar-refractivity contribution is -0.0907. The predicted molar refractivity (Wildman–Crippen MR) is 174 cm³/mol. The quantitative estimate of drug-likeness (QED) is 0.245. The maximum absolute atomic E-state index is 14.1. The first-order valence-corrected chi connectivity index (χ1v) is 17.7. The number of alkyl carbamates (subject to hydrolysis) is 1. The van der Waals surface area contributed by atoms with Gasteiger partial charge in [-0.15, -0.1) is 0 Å². The van der Waals surface area contributed by atoms with Gasteiger partial charge in [-0.05, 0) is 61.7 Å². The van der Waals surface area contributed by atoms with Crippen molar-refractivity contribution in [1.82, 2.24) is 14.5 Å². The zero-order valence-corrected chi connectivity index (χ0v) is 27.9. The van der Waals surface area contributed by atoms with Crippen LogP contribution in [0.25, 0.3) is 11.0 Å². The van der Waals surface area contributed by atoms with Crippen LogP contribution in [0.5, 0.6) is 0 Å². The SMILES string of the molecule is CCN(CC)Cc1cc2cc(S(=O)(=O)N(CC(C)C)C[C@@H](O)[C@H](Cc3ccccc3)NC(=O)OC3CO[C@H]4OCC[C@@H]34)ccc2o1. The minimum atomic E-state index is -4.02. The Morgan fingerprint density at radius 1 is 1.07 bits per heavy atom. The molecule has 12 heteroatoms. The van der Waals surface area contributed by atoms with Crippen molar-refractivity contribution in [2.75, 3.05) is 39.4 Å². The van der Waals surface area contributed by atoms with Gasteiger partial charge in [0, 0.05) is 18.5 Å². The first kappa shape index (κ1) is 34.3.